The highest BCUT2D eigenvalue weighted by Crippen LogP contribution is 2.53. The van der Waals surface area contributed by atoms with E-state index < -0.39 is 11.9 Å². The van der Waals surface area contributed by atoms with Crippen LogP contribution in [0.25, 0.3) is 11.1 Å². The predicted octanol–water partition coefficient (Wildman–Crippen LogP) is 5.79. The summed E-state index contributed by atoms with van der Waals surface area (Å²) < 4.78 is 44.5. The Morgan fingerprint density at radius 3 is 2.40 bits per heavy atom. The van der Waals surface area contributed by atoms with E-state index >= 15 is 0 Å². The number of alkyl halides is 3. The van der Waals surface area contributed by atoms with Crippen molar-refractivity contribution >= 4 is 17.1 Å². The van der Waals surface area contributed by atoms with Gasteiger partial charge < -0.3 is 15.4 Å². The number of methoxy groups -OCH3 is 1. The molecule has 2 aromatic carbocycles. The summed E-state index contributed by atoms with van der Waals surface area (Å²) in [6.45, 7) is 4.86. The molecule has 1 aliphatic heterocycles. The van der Waals surface area contributed by atoms with E-state index in [1.165, 1.54) is 12.3 Å². The van der Waals surface area contributed by atoms with E-state index in [2.05, 4.69) is 23.7 Å². The minimum atomic E-state index is -4.47. The van der Waals surface area contributed by atoms with E-state index in [0.717, 1.165) is 28.6 Å². The monoisotopic (exact) mass is 413 g/mol. The van der Waals surface area contributed by atoms with Crippen molar-refractivity contribution in [1.29, 1.82) is 0 Å². The zero-order valence-electron chi connectivity index (χ0n) is 16.9. The van der Waals surface area contributed by atoms with Crippen LogP contribution in [0.3, 0.4) is 0 Å². The Balaban J connectivity index is 1.92. The summed E-state index contributed by atoms with van der Waals surface area (Å²) in [6, 6.07) is 13.8. The Bertz CT molecular complexity index is 1090. The van der Waals surface area contributed by atoms with Gasteiger partial charge >= 0.3 is 6.18 Å². The van der Waals surface area contributed by atoms with Crippen molar-refractivity contribution in [3.05, 3.63) is 66.0 Å². The Morgan fingerprint density at radius 1 is 1.07 bits per heavy atom. The zero-order valence-corrected chi connectivity index (χ0v) is 16.9. The van der Waals surface area contributed by atoms with Gasteiger partial charge in [-0.15, -0.1) is 0 Å². The largest absolute Gasteiger partial charge is 0.495 e. The van der Waals surface area contributed by atoms with Gasteiger partial charge in [-0.05, 0) is 35.4 Å². The van der Waals surface area contributed by atoms with Crippen LogP contribution >= 0.6 is 0 Å². The maximum Gasteiger partial charge on any atom is 0.433 e. The summed E-state index contributed by atoms with van der Waals surface area (Å²) in [7, 11) is 1.60. The topological polar surface area (TPSA) is 51.4 Å². The Hall–Kier alpha value is -3.22. The summed E-state index contributed by atoms with van der Waals surface area (Å²) in [6.07, 6.45) is -3.19. The van der Waals surface area contributed by atoms with Crippen LogP contribution in [0, 0.1) is 0 Å². The minimum Gasteiger partial charge on any atom is -0.495 e. The van der Waals surface area contributed by atoms with E-state index in [4.69, 9.17) is 10.5 Å². The summed E-state index contributed by atoms with van der Waals surface area (Å²) in [4.78, 5) is 5.76. The molecule has 4 nitrogen and oxygen atoms in total. The van der Waals surface area contributed by atoms with Gasteiger partial charge in [-0.3, -0.25) is 4.98 Å². The smallest absolute Gasteiger partial charge is 0.433 e. The molecule has 3 aromatic rings. The van der Waals surface area contributed by atoms with Crippen molar-refractivity contribution in [3.8, 4) is 16.9 Å². The molecular weight excluding hydrogens is 391 g/mol. The molecule has 0 amide bonds. The highest BCUT2D eigenvalue weighted by Gasteiger charge is 2.41. The van der Waals surface area contributed by atoms with E-state index in [1.807, 2.05) is 36.4 Å². The lowest BCUT2D eigenvalue weighted by Crippen LogP contribution is -2.25. The Labute approximate surface area is 173 Å². The molecule has 4 rings (SSSR count). The van der Waals surface area contributed by atoms with Gasteiger partial charge in [0, 0.05) is 23.7 Å². The van der Waals surface area contributed by atoms with E-state index in [0.29, 0.717) is 23.5 Å². The van der Waals surface area contributed by atoms with Crippen LogP contribution in [0.1, 0.15) is 25.1 Å². The molecule has 0 radical (unpaired) electrons. The number of anilines is 3. The first kappa shape index (κ1) is 20.1. The molecular formula is C23H22F3N3O. The first-order valence-electron chi connectivity index (χ1n) is 9.50. The molecule has 0 saturated carbocycles. The SMILES string of the molecule is COc1ccc(-c2ccc(C(F)(F)F)nc2)c2c1N(c1ccccc1N)CC2(C)C. The number of fused-ring (bicyclic) bond motifs is 1. The van der Waals surface area contributed by atoms with Gasteiger partial charge in [-0.1, -0.05) is 38.1 Å². The molecule has 2 heterocycles. The first-order chi connectivity index (χ1) is 14.1. The highest BCUT2D eigenvalue weighted by atomic mass is 19.4. The standard InChI is InChI=1S/C23H22F3N3O/c1-22(2)13-29(17-7-5-4-6-16(17)27)21-18(30-3)10-9-15(20(21)22)14-8-11-19(28-12-14)23(24,25)26/h4-12H,13,27H2,1-3H3. The Morgan fingerprint density at radius 2 is 1.80 bits per heavy atom. The number of nitrogens with zero attached hydrogens (tertiary/aromatic N) is 2. The first-order valence-corrected chi connectivity index (χ1v) is 9.50. The molecule has 7 heteroatoms. The molecule has 0 bridgehead atoms. The van der Waals surface area contributed by atoms with Gasteiger partial charge in [0.25, 0.3) is 0 Å². The van der Waals surface area contributed by atoms with E-state index in [1.54, 1.807) is 7.11 Å². The van der Waals surface area contributed by atoms with Crippen LogP contribution in [0.5, 0.6) is 5.75 Å². The zero-order chi connectivity index (χ0) is 21.7. The van der Waals surface area contributed by atoms with Crippen molar-refractivity contribution in [2.24, 2.45) is 0 Å². The van der Waals surface area contributed by atoms with Crippen LogP contribution in [-0.2, 0) is 11.6 Å². The fraction of sp³-hybridized carbons (Fsp3) is 0.261. The van der Waals surface area contributed by atoms with Crippen molar-refractivity contribution in [1.82, 2.24) is 4.98 Å². The molecule has 0 unspecified atom stereocenters. The lowest BCUT2D eigenvalue weighted by molar-refractivity contribution is -0.141. The van der Waals surface area contributed by atoms with Crippen LogP contribution in [-0.4, -0.2) is 18.6 Å². The second kappa shape index (κ2) is 6.93. The molecule has 0 saturated heterocycles. The number of halogens is 3. The van der Waals surface area contributed by atoms with Crippen LogP contribution in [0.15, 0.2) is 54.7 Å². The van der Waals surface area contributed by atoms with Crippen LogP contribution in [0.4, 0.5) is 30.2 Å². The minimum absolute atomic E-state index is 0.301. The summed E-state index contributed by atoms with van der Waals surface area (Å²) in [5, 5.41) is 0. The average Bonchev–Trinajstić information content (AvgIpc) is 2.99. The predicted molar refractivity (Wildman–Crippen MR) is 112 cm³/mol. The number of benzene rings is 2. The lowest BCUT2D eigenvalue weighted by Gasteiger charge is -2.24. The number of rotatable bonds is 3. The summed E-state index contributed by atoms with van der Waals surface area (Å²) in [5.74, 6) is 0.683. The molecule has 30 heavy (non-hydrogen) atoms. The van der Waals surface area contributed by atoms with Gasteiger partial charge in [0.1, 0.15) is 11.4 Å². The fourth-order valence-corrected chi connectivity index (χ4v) is 4.14. The number of nitrogens with two attached hydrogens (primary N) is 1. The second-order valence-electron chi connectivity index (χ2n) is 8.00. The molecule has 0 atom stereocenters. The van der Waals surface area contributed by atoms with Crippen molar-refractivity contribution < 1.29 is 17.9 Å². The maximum absolute atomic E-state index is 12.9. The van der Waals surface area contributed by atoms with E-state index in [9.17, 15) is 13.2 Å². The van der Waals surface area contributed by atoms with Gasteiger partial charge in [-0.25, -0.2) is 0 Å². The third-order valence-electron chi connectivity index (χ3n) is 5.45. The quantitative estimate of drug-likeness (QED) is 0.553. The normalized spacial score (nSPS) is 15.2. The molecule has 1 aliphatic rings. The summed E-state index contributed by atoms with van der Waals surface area (Å²) >= 11 is 0. The highest BCUT2D eigenvalue weighted by molar-refractivity contribution is 5.89. The Kier molecular flexibility index (Phi) is 4.64. The average molecular weight is 413 g/mol. The number of nitrogen functional groups attached to an aromatic ring is 1. The molecule has 0 spiro atoms. The number of ether oxygens (including phenoxy) is 1. The van der Waals surface area contributed by atoms with Crippen LogP contribution < -0.4 is 15.4 Å². The number of hydrogen-bond donors (Lipinski definition) is 1. The second-order valence-corrected chi connectivity index (χ2v) is 8.00. The molecule has 1 aromatic heterocycles. The molecule has 156 valence electrons. The fourth-order valence-electron chi connectivity index (χ4n) is 4.14. The van der Waals surface area contributed by atoms with Gasteiger partial charge in [0.2, 0.25) is 0 Å². The van der Waals surface area contributed by atoms with Crippen molar-refractivity contribution in [2.75, 3.05) is 24.3 Å². The van der Waals surface area contributed by atoms with Gasteiger partial charge in [0.15, 0.2) is 0 Å². The lowest BCUT2D eigenvalue weighted by atomic mass is 9.82. The summed E-state index contributed by atoms with van der Waals surface area (Å²) in [5.41, 5.74) is 9.86. The molecule has 0 aliphatic carbocycles. The van der Waals surface area contributed by atoms with Crippen LogP contribution in [0.2, 0.25) is 0 Å². The maximum atomic E-state index is 12.9. The number of pyridine rings is 1. The third-order valence-corrected chi connectivity index (χ3v) is 5.45. The van der Waals surface area contributed by atoms with Crippen molar-refractivity contribution in [3.63, 3.8) is 0 Å². The number of hydrogen-bond acceptors (Lipinski definition) is 4. The van der Waals surface area contributed by atoms with Gasteiger partial charge in [0.05, 0.1) is 24.2 Å². The number of para-hydroxylation sites is 2. The number of aromatic nitrogens is 1. The van der Waals surface area contributed by atoms with E-state index in [-0.39, 0.29) is 5.41 Å². The third kappa shape index (κ3) is 3.24. The molecule has 2 N–H and O–H groups in total. The van der Waals surface area contributed by atoms with Gasteiger partial charge in [-0.2, -0.15) is 13.2 Å². The van der Waals surface area contributed by atoms with Crippen molar-refractivity contribution in [2.45, 2.75) is 25.4 Å². The molecule has 0 fully saturated rings.